The van der Waals surface area contributed by atoms with Gasteiger partial charge >= 0.3 is 6.18 Å². The van der Waals surface area contributed by atoms with Crippen molar-refractivity contribution >= 4 is 0 Å². The highest BCUT2D eigenvalue weighted by atomic mass is 19.4. The van der Waals surface area contributed by atoms with Gasteiger partial charge in [0.05, 0.1) is 5.56 Å². The van der Waals surface area contributed by atoms with Gasteiger partial charge in [0.15, 0.2) is 0 Å². The molecule has 2 rings (SSSR count). The van der Waals surface area contributed by atoms with E-state index >= 15 is 0 Å². The molecule has 1 atom stereocenters. The van der Waals surface area contributed by atoms with Crippen molar-refractivity contribution in [3.63, 3.8) is 0 Å². The minimum absolute atomic E-state index is 0.0968. The van der Waals surface area contributed by atoms with Crippen molar-refractivity contribution in [1.82, 2.24) is 10.2 Å². The van der Waals surface area contributed by atoms with Gasteiger partial charge in [0.2, 0.25) is 0 Å². The molecule has 0 amide bonds. The van der Waals surface area contributed by atoms with Gasteiger partial charge in [0.1, 0.15) is 5.82 Å². The molecule has 1 unspecified atom stereocenters. The van der Waals surface area contributed by atoms with Gasteiger partial charge in [-0.25, -0.2) is 4.39 Å². The number of piperazine rings is 1. The van der Waals surface area contributed by atoms with E-state index in [1.165, 1.54) is 0 Å². The fourth-order valence-electron chi connectivity index (χ4n) is 2.13. The molecule has 1 aliphatic heterocycles. The second-order valence-corrected chi connectivity index (χ2v) is 4.43. The van der Waals surface area contributed by atoms with Crippen molar-refractivity contribution in [2.75, 3.05) is 26.7 Å². The maximum Gasteiger partial charge on any atom is 0.416 e. The average molecular weight is 262 g/mol. The number of nitrogens with zero attached hydrogens (tertiary/aromatic N) is 1. The molecule has 1 aliphatic rings. The standard InChI is InChI=1S/C12H14F4N2/c1-18-5-4-17-7-11(18)9-6-8(12(14,15)16)2-3-10(9)13/h2-3,6,11,17H,4-5,7H2,1H3. The number of likely N-dealkylation sites (N-methyl/N-ethyl adjacent to an activating group) is 1. The third-order valence-electron chi connectivity index (χ3n) is 3.19. The Bertz CT molecular complexity index is 431. The van der Waals surface area contributed by atoms with Crippen LogP contribution in [0.2, 0.25) is 0 Å². The van der Waals surface area contributed by atoms with E-state index in [4.69, 9.17) is 0 Å². The molecule has 0 radical (unpaired) electrons. The van der Waals surface area contributed by atoms with Gasteiger partial charge in [-0.15, -0.1) is 0 Å². The number of rotatable bonds is 1. The number of hydrogen-bond acceptors (Lipinski definition) is 2. The highest BCUT2D eigenvalue weighted by molar-refractivity contribution is 5.30. The summed E-state index contributed by atoms with van der Waals surface area (Å²) in [5.74, 6) is -0.594. The summed E-state index contributed by atoms with van der Waals surface area (Å²) in [7, 11) is 1.78. The van der Waals surface area contributed by atoms with Gasteiger partial charge in [-0.3, -0.25) is 4.90 Å². The Morgan fingerprint density at radius 3 is 2.67 bits per heavy atom. The summed E-state index contributed by atoms with van der Waals surface area (Å²) in [6.45, 7) is 1.89. The largest absolute Gasteiger partial charge is 0.416 e. The molecule has 6 heteroatoms. The van der Waals surface area contributed by atoms with Gasteiger partial charge in [-0.1, -0.05) is 0 Å². The van der Waals surface area contributed by atoms with Crippen molar-refractivity contribution in [1.29, 1.82) is 0 Å². The predicted molar refractivity (Wildman–Crippen MR) is 59.6 cm³/mol. The van der Waals surface area contributed by atoms with E-state index in [0.717, 1.165) is 24.7 Å². The molecule has 0 saturated carbocycles. The lowest BCUT2D eigenvalue weighted by Crippen LogP contribution is -2.44. The van der Waals surface area contributed by atoms with Gasteiger partial charge in [0, 0.05) is 31.2 Å². The van der Waals surface area contributed by atoms with Gasteiger partial charge in [-0.2, -0.15) is 13.2 Å². The van der Waals surface area contributed by atoms with Crippen LogP contribution in [0.3, 0.4) is 0 Å². The van der Waals surface area contributed by atoms with Gasteiger partial charge in [-0.05, 0) is 25.2 Å². The molecule has 18 heavy (non-hydrogen) atoms. The Balaban J connectivity index is 2.37. The van der Waals surface area contributed by atoms with Crippen molar-refractivity contribution in [2.24, 2.45) is 0 Å². The quantitative estimate of drug-likeness (QED) is 0.782. The monoisotopic (exact) mass is 262 g/mol. The molecule has 1 N–H and O–H groups in total. The van der Waals surface area contributed by atoms with E-state index in [1.807, 2.05) is 4.90 Å². The first-order valence-corrected chi connectivity index (χ1v) is 5.67. The molecule has 100 valence electrons. The molecule has 0 spiro atoms. The lowest BCUT2D eigenvalue weighted by Gasteiger charge is -2.33. The van der Waals surface area contributed by atoms with Crippen LogP contribution < -0.4 is 5.32 Å². The summed E-state index contributed by atoms with van der Waals surface area (Å²) in [6.07, 6.45) is -4.44. The summed E-state index contributed by atoms with van der Waals surface area (Å²) < 4.78 is 51.5. The number of benzene rings is 1. The molecule has 1 aromatic rings. The van der Waals surface area contributed by atoms with Crippen molar-refractivity contribution in [2.45, 2.75) is 12.2 Å². The van der Waals surface area contributed by atoms with Crippen LogP contribution in [0.15, 0.2) is 18.2 Å². The summed E-state index contributed by atoms with van der Waals surface area (Å²) >= 11 is 0. The van der Waals surface area contributed by atoms with E-state index in [0.29, 0.717) is 13.1 Å². The zero-order valence-corrected chi connectivity index (χ0v) is 9.89. The lowest BCUT2D eigenvalue weighted by molar-refractivity contribution is -0.137. The first-order valence-electron chi connectivity index (χ1n) is 5.67. The minimum atomic E-state index is -4.44. The van der Waals surface area contributed by atoms with E-state index in [2.05, 4.69) is 5.32 Å². The summed E-state index contributed by atoms with van der Waals surface area (Å²) in [5.41, 5.74) is -0.711. The first-order chi connectivity index (χ1) is 8.39. The van der Waals surface area contributed by atoms with Crippen LogP contribution in [0.1, 0.15) is 17.2 Å². The Morgan fingerprint density at radius 2 is 2.06 bits per heavy atom. The van der Waals surface area contributed by atoms with Crippen molar-refractivity contribution in [3.8, 4) is 0 Å². The smallest absolute Gasteiger partial charge is 0.314 e. The summed E-state index contributed by atoms with van der Waals surface area (Å²) in [5, 5.41) is 3.06. The second kappa shape index (κ2) is 4.85. The highest BCUT2D eigenvalue weighted by Crippen LogP contribution is 2.33. The zero-order chi connectivity index (χ0) is 13.3. The molecule has 0 aliphatic carbocycles. The molecule has 1 aromatic carbocycles. The van der Waals surface area contributed by atoms with Crippen LogP contribution in [-0.4, -0.2) is 31.6 Å². The molecule has 0 bridgehead atoms. The molecule has 1 fully saturated rings. The van der Waals surface area contributed by atoms with Crippen LogP contribution in [0.4, 0.5) is 17.6 Å². The Kier molecular flexibility index (Phi) is 3.59. The molecule has 2 nitrogen and oxygen atoms in total. The first kappa shape index (κ1) is 13.3. The summed E-state index contributed by atoms with van der Waals surface area (Å²) in [4.78, 5) is 1.86. The molecule has 1 heterocycles. The number of alkyl halides is 3. The van der Waals surface area contributed by atoms with Crippen LogP contribution in [-0.2, 0) is 6.18 Å². The molecular weight excluding hydrogens is 248 g/mol. The topological polar surface area (TPSA) is 15.3 Å². The highest BCUT2D eigenvalue weighted by Gasteiger charge is 2.33. The fourth-order valence-corrected chi connectivity index (χ4v) is 2.13. The number of nitrogens with one attached hydrogen (secondary N) is 1. The van der Waals surface area contributed by atoms with Gasteiger partial charge < -0.3 is 5.32 Å². The predicted octanol–water partition coefficient (Wildman–Crippen LogP) is 2.42. The molecule has 0 aromatic heterocycles. The SMILES string of the molecule is CN1CCNCC1c1cc(C(F)(F)F)ccc1F. The Labute approximate surface area is 103 Å². The fraction of sp³-hybridized carbons (Fsp3) is 0.500. The van der Waals surface area contributed by atoms with Crippen LogP contribution in [0.25, 0.3) is 0 Å². The van der Waals surface area contributed by atoms with E-state index in [9.17, 15) is 17.6 Å². The minimum Gasteiger partial charge on any atom is -0.314 e. The van der Waals surface area contributed by atoms with E-state index in [-0.39, 0.29) is 11.6 Å². The maximum absolute atomic E-state index is 13.7. The number of halogens is 4. The lowest BCUT2D eigenvalue weighted by atomic mass is 10.0. The maximum atomic E-state index is 13.7. The Hall–Kier alpha value is -1.14. The third kappa shape index (κ3) is 2.64. The third-order valence-corrected chi connectivity index (χ3v) is 3.19. The van der Waals surface area contributed by atoms with E-state index in [1.54, 1.807) is 7.05 Å². The average Bonchev–Trinajstić information content (AvgIpc) is 2.29. The van der Waals surface area contributed by atoms with Crippen molar-refractivity contribution < 1.29 is 17.6 Å². The van der Waals surface area contributed by atoms with Crippen LogP contribution >= 0.6 is 0 Å². The van der Waals surface area contributed by atoms with E-state index < -0.39 is 17.6 Å². The second-order valence-electron chi connectivity index (χ2n) is 4.43. The summed E-state index contributed by atoms with van der Waals surface area (Å²) in [6, 6.07) is 2.21. The molecule has 1 saturated heterocycles. The van der Waals surface area contributed by atoms with Crippen LogP contribution in [0.5, 0.6) is 0 Å². The normalized spacial score (nSPS) is 22.2. The van der Waals surface area contributed by atoms with Crippen LogP contribution in [0, 0.1) is 5.82 Å². The molecular formula is C12H14F4N2. The zero-order valence-electron chi connectivity index (χ0n) is 9.89. The Morgan fingerprint density at radius 1 is 1.33 bits per heavy atom. The van der Waals surface area contributed by atoms with Crippen molar-refractivity contribution in [3.05, 3.63) is 35.1 Å². The van der Waals surface area contributed by atoms with Gasteiger partial charge in [0.25, 0.3) is 0 Å². The number of hydrogen-bond donors (Lipinski definition) is 1.